The molecule has 0 N–H and O–H groups in total. The fraction of sp³-hybridized carbons (Fsp3) is 0.235. The number of halogens is 1. The zero-order valence-electron chi connectivity index (χ0n) is 13.0. The first-order valence-electron chi connectivity index (χ1n) is 7.42. The Morgan fingerprint density at radius 3 is 2.48 bits per heavy atom. The summed E-state index contributed by atoms with van der Waals surface area (Å²) >= 11 is 3.35. The third kappa shape index (κ3) is 3.42. The molecule has 0 atom stereocenters. The van der Waals surface area contributed by atoms with E-state index in [2.05, 4.69) is 43.1 Å². The Morgan fingerprint density at radius 2 is 1.83 bits per heavy atom. The van der Waals surface area contributed by atoms with Gasteiger partial charge in [0.05, 0.1) is 16.8 Å². The molecule has 0 saturated heterocycles. The molecule has 2 heterocycles. The van der Waals surface area contributed by atoms with Crippen molar-refractivity contribution in [2.24, 2.45) is 0 Å². The summed E-state index contributed by atoms with van der Waals surface area (Å²) in [5.41, 5.74) is 3.20. The van der Waals surface area contributed by atoms with Crippen LogP contribution in [0.5, 0.6) is 5.88 Å². The zero-order chi connectivity index (χ0) is 16.2. The van der Waals surface area contributed by atoms with Crippen molar-refractivity contribution in [1.29, 1.82) is 0 Å². The Kier molecular flexibility index (Phi) is 4.71. The van der Waals surface area contributed by atoms with Gasteiger partial charge in [0.25, 0.3) is 5.95 Å². The highest BCUT2D eigenvalue weighted by Gasteiger charge is 2.19. The molecular formula is C17H17BrN4O. The predicted octanol–water partition coefficient (Wildman–Crippen LogP) is 3.72. The molecule has 0 spiro atoms. The third-order valence-corrected chi connectivity index (χ3v) is 3.85. The van der Waals surface area contributed by atoms with Crippen molar-refractivity contribution in [3.8, 4) is 11.8 Å². The van der Waals surface area contributed by atoms with Crippen LogP contribution in [-0.4, -0.2) is 26.4 Å². The zero-order valence-corrected chi connectivity index (χ0v) is 14.6. The van der Waals surface area contributed by atoms with Gasteiger partial charge >= 0.3 is 0 Å². The molecule has 5 nitrogen and oxygen atoms in total. The number of rotatable bonds is 5. The number of hydrogen-bond acceptors (Lipinski definition) is 4. The second-order valence-corrected chi connectivity index (χ2v) is 5.99. The first-order chi connectivity index (χ1) is 11.2. The van der Waals surface area contributed by atoms with Gasteiger partial charge in [0, 0.05) is 24.4 Å². The summed E-state index contributed by atoms with van der Waals surface area (Å²) in [6.07, 6.45) is 4.16. The van der Waals surface area contributed by atoms with E-state index in [9.17, 15) is 0 Å². The van der Waals surface area contributed by atoms with Gasteiger partial charge in [0.15, 0.2) is 0 Å². The van der Waals surface area contributed by atoms with E-state index in [0.717, 1.165) is 22.2 Å². The van der Waals surface area contributed by atoms with Gasteiger partial charge in [-0.05, 0) is 35.3 Å². The van der Waals surface area contributed by atoms with Crippen LogP contribution >= 0.6 is 15.9 Å². The van der Waals surface area contributed by atoms with E-state index in [0.29, 0.717) is 18.4 Å². The Labute approximate surface area is 143 Å². The Morgan fingerprint density at radius 1 is 1.13 bits per heavy atom. The molecule has 0 bridgehead atoms. The van der Waals surface area contributed by atoms with E-state index in [1.165, 1.54) is 5.56 Å². The van der Waals surface area contributed by atoms with E-state index < -0.39 is 0 Å². The fourth-order valence-corrected chi connectivity index (χ4v) is 2.58. The number of ether oxygens (including phenoxy) is 1. The van der Waals surface area contributed by atoms with Gasteiger partial charge in [-0.15, -0.1) is 0 Å². The highest BCUT2D eigenvalue weighted by Crippen LogP contribution is 2.27. The number of hydrogen-bond donors (Lipinski definition) is 0. The van der Waals surface area contributed by atoms with E-state index in [-0.39, 0.29) is 0 Å². The van der Waals surface area contributed by atoms with Gasteiger partial charge in [-0.25, -0.2) is 9.97 Å². The Bertz CT molecular complexity index is 784. The lowest BCUT2D eigenvalue weighted by molar-refractivity contribution is 0.312. The smallest absolute Gasteiger partial charge is 0.253 e. The molecule has 0 fully saturated rings. The summed E-state index contributed by atoms with van der Waals surface area (Å²) in [6.45, 7) is 4.50. The first kappa shape index (κ1) is 15.7. The average Bonchev–Trinajstić information content (AvgIpc) is 2.86. The summed E-state index contributed by atoms with van der Waals surface area (Å²) in [6, 6.07) is 10.3. The first-order valence-corrected chi connectivity index (χ1v) is 8.21. The van der Waals surface area contributed by atoms with Crippen molar-refractivity contribution >= 4 is 15.9 Å². The lowest BCUT2D eigenvalue weighted by Gasteiger charge is -2.09. The van der Waals surface area contributed by atoms with Crippen molar-refractivity contribution in [2.75, 3.05) is 6.61 Å². The largest absolute Gasteiger partial charge is 0.478 e. The molecule has 0 saturated carbocycles. The van der Waals surface area contributed by atoms with Gasteiger partial charge in [0.2, 0.25) is 5.88 Å². The number of benzene rings is 1. The Balaban J connectivity index is 2.04. The minimum Gasteiger partial charge on any atom is -0.478 e. The minimum atomic E-state index is 0.499. The third-order valence-electron chi connectivity index (χ3n) is 3.44. The highest BCUT2D eigenvalue weighted by molar-refractivity contribution is 9.10. The molecule has 1 aromatic carbocycles. The summed E-state index contributed by atoms with van der Waals surface area (Å²) in [5.74, 6) is 1.20. The van der Waals surface area contributed by atoms with Crippen molar-refractivity contribution in [3.63, 3.8) is 0 Å². The summed E-state index contributed by atoms with van der Waals surface area (Å²) in [4.78, 5) is 8.63. The van der Waals surface area contributed by atoms with Crippen LogP contribution in [0.3, 0.4) is 0 Å². The topological polar surface area (TPSA) is 52.8 Å². The SMILES string of the molecule is CCOc1c(Cc2ccccc2)c(C)nn1-c1ncc(Br)cn1. The molecule has 6 heteroatoms. The molecule has 23 heavy (non-hydrogen) atoms. The van der Waals surface area contributed by atoms with Gasteiger partial charge in [-0.1, -0.05) is 30.3 Å². The Hall–Kier alpha value is -2.21. The molecule has 118 valence electrons. The molecule has 0 aliphatic heterocycles. The highest BCUT2D eigenvalue weighted by atomic mass is 79.9. The van der Waals surface area contributed by atoms with Crippen LogP contribution in [-0.2, 0) is 6.42 Å². The van der Waals surface area contributed by atoms with Gasteiger partial charge in [-0.2, -0.15) is 9.78 Å². The quantitative estimate of drug-likeness (QED) is 0.684. The van der Waals surface area contributed by atoms with Crippen molar-refractivity contribution in [1.82, 2.24) is 19.7 Å². The average molecular weight is 373 g/mol. The lowest BCUT2D eigenvalue weighted by atomic mass is 10.1. The molecule has 2 aromatic heterocycles. The second kappa shape index (κ2) is 6.91. The van der Waals surface area contributed by atoms with Crippen LogP contribution in [0.4, 0.5) is 0 Å². The van der Waals surface area contributed by atoms with E-state index in [1.54, 1.807) is 17.1 Å². The molecule has 0 aliphatic carbocycles. The summed E-state index contributed by atoms with van der Waals surface area (Å²) in [7, 11) is 0. The maximum atomic E-state index is 5.85. The molecule has 3 rings (SSSR count). The molecule has 0 aliphatic rings. The normalized spacial score (nSPS) is 10.7. The molecule has 0 amide bonds. The van der Waals surface area contributed by atoms with Crippen LogP contribution in [0, 0.1) is 6.92 Å². The van der Waals surface area contributed by atoms with Crippen LogP contribution in [0.2, 0.25) is 0 Å². The maximum absolute atomic E-state index is 5.85. The summed E-state index contributed by atoms with van der Waals surface area (Å²) in [5, 5.41) is 4.58. The molecule has 3 aromatic rings. The van der Waals surface area contributed by atoms with Gasteiger partial charge in [0.1, 0.15) is 0 Å². The van der Waals surface area contributed by atoms with E-state index >= 15 is 0 Å². The number of aryl methyl sites for hydroxylation is 1. The van der Waals surface area contributed by atoms with Gasteiger partial charge < -0.3 is 4.74 Å². The van der Waals surface area contributed by atoms with Crippen LogP contribution < -0.4 is 4.74 Å². The number of nitrogens with zero attached hydrogens (tertiary/aromatic N) is 4. The van der Waals surface area contributed by atoms with Crippen molar-refractivity contribution < 1.29 is 4.74 Å². The van der Waals surface area contributed by atoms with Crippen LogP contribution in [0.15, 0.2) is 47.2 Å². The maximum Gasteiger partial charge on any atom is 0.253 e. The molecule has 0 unspecified atom stereocenters. The van der Waals surface area contributed by atoms with E-state index in [4.69, 9.17) is 4.74 Å². The van der Waals surface area contributed by atoms with Crippen molar-refractivity contribution in [2.45, 2.75) is 20.3 Å². The fourth-order valence-electron chi connectivity index (χ4n) is 2.38. The van der Waals surface area contributed by atoms with Crippen molar-refractivity contribution in [3.05, 3.63) is 64.0 Å². The molecule has 0 radical (unpaired) electrons. The minimum absolute atomic E-state index is 0.499. The standard InChI is InChI=1S/C17H17BrN4O/c1-3-23-16-15(9-13-7-5-4-6-8-13)12(2)21-22(16)17-19-10-14(18)11-20-17/h4-8,10-11H,3,9H2,1-2H3. The molecular weight excluding hydrogens is 356 g/mol. The summed E-state index contributed by atoms with van der Waals surface area (Å²) < 4.78 is 8.35. The van der Waals surface area contributed by atoms with Crippen LogP contribution in [0.25, 0.3) is 5.95 Å². The monoisotopic (exact) mass is 372 g/mol. The predicted molar refractivity (Wildman–Crippen MR) is 92.0 cm³/mol. The van der Waals surface area contributed by atoms with Crippen LogP contribution in [0.1, 0.15) is 23.7 Å². The van der Waals surface area contributed by atoms with Gasteiger partial charge in [-0.3, -0.25) is 0 Å². The van der Waals surface area contributed by atoms with E-state index in [1.807, 2.05) is 32.0 Å². The number of aromatic nitrogens is 4. The lowest BCUT2D eigenvalue weighted by Crippen LogP contribution is -2.07. The second-order valence-electron chi connectivity index (χ2n) is 5.08.